The van der Waals surface area contributed by atoms with E-state index in [0.717, 1.165) is 24.8 Å². The molecule has 3 rings (SSSR count). The average Bonchev–Trinajstić information content (AvgIpc) is 2.94. The first-order chi connectivity index (χ1) is 10.6. The van der Waals surface area contributed by atoms with E-state index < -0.39 is 0 Å². The van der Waals surface area contributed by atoms with Gasteiger partial charge < -0.3 is 15.0 Å². The number of para-hydroxylation sites is 1. The molecule has 1 aromatic carbocycles. The molecule has 2 unspecified atom stereocenters. The van der Waals surface area contributed by atoms with Crippen molar-refractivity contribution < 1.29 is 9.90 Å². The van der Waals surface area contributed by atoms with Crippen molar-refractivity contribution >= 4 is 16.8 Å². The monoisotopic (exact) mass is 300 g/mol. The van der Waals surface area contributed by atoms with Crippen molar-refractivity contribution in [3.63, 3.8) is 0 Å². The summed E-state index contributed by atoms with van der Waals surface area (Å²) in [7, 11) is 0. The number of nitrogens with zero attached hydrogens (tertiary/aromatic N) is 1. The zero-order valence-electron chi connectivity index (χ0n) is 12.4. The molecule has 1 aliphatic carbocycles. The van der Waals surface area contributed by atoms with Gasteiger partial charge in [0.2, 0.25) is 5.91 Å². The minimum atomic E-state index is -0.298. The second kappa shape index (κ2) is 6.32. The molecule has 1 fully saturated rings. The maximum atomic E-state index is 12.1. The minimum absolute atomic E-state index is 0.0404. The third-order valence-electron chi connectivity index (χ3n) is 4.38. The molecule has 116 valence electrons. The van der Waals surface area contributed by atoms with Gasteiger partial charge in [-0.15, -0.1) is 0 Å². The van der Waals surface area contributed by atoms with Gasteiger partial charge in [-0.2, -0.15) is 0 Å². The number of aromatic nitrogens is 1. The van der Waals surface area contributed by atoms with Crippen molar-refractivity contribution in [3.8, 4) is 0 Å². The van der Waals surface area contributed by atoms with E-state index in [4.69, 9.17) is 0 Å². The van der Waals surface area contributed by atoms with Crippen LogP contribution in [-0.2, 0) is 11.3 Å². The Morgan fingerprint density at radius 1 is 1.27 bits per heavy atom. The summed E-state index contributed by atoms with van der Waals surface area (Å²) in [6.45, 7) is 0.682. The van der Waals surface area contributed by atoms with E-state index in [0.29, 0.717) is 11.9 Å². The lowest BCUT2D eigenvalue weighted by atomic mass is 10.1. The first kappa shape index (κ1) is 14.8. The number of hydrogen-bond donors (Lipinski definition) is 2. The van der Waals surface area contributed by atoms with Crippen LogP contribution in [0, 0.1) is 5.92 Å². The number of pyridine rings is 1. The molecular weight excluding hydrogens is 280 g/mol. The van der Waals surface area contributed by atoms with E-state index in [1.807, 2.05) is 18.2 Å². The zero-order chi connectivity index (χ0) is 15.5. The number of carbonyl (C=O) groups excluding carboxylic acids is 1. The number of carbonyl (C=O) groups is 1. The number of hydrogen-bond acceptors (Lipinski definition) is 3. The molecule has 0 radical (unpaired) electrons. The Hall–Kier alpha value is -2.14. The number of nitrogens with one attached hydrogen (secondary N) is 1. The number of rotatable bonds is 4. The summed E-state index contributed by atoms with van der Waals surface area (Å²) in [5, 5.41) is 13.3. The summed E-state index contributed by atoms with van der Waals surface area (Å²) in [4.78, 5) is 23.9. The highest BCUT2D eigenvalue weighted by atomic mass is 16.3. The fourth-order valence-electron chi connectivity index (χ4n) is 3.11. The van der Waals surface area contributed by atoms with Crippen LogP contribution in [0.4, 0.5) is 0 Å². The summed E-state index contributed by atoms with van der Waals surface area (Å²) in [5.74, 6) is 0.0580. The molecule has 22 heavy (non-hydrogen) atoms. The number of benzene rings is 1. The van der Waals surface area contributed by atoms with Crippen molar-refractivity contribution in [1.82, 2.24) is 9.88 Å². The molecule has 5 heteroatoms. The van der Waals surface area contributed by atoms with E-state index in [2.05, 4.69) is 5.32 Å². The first-order valence-corrected chi connectivity index (χ1v) is 7.68. The Morgan fingerprint density at radius 3 is 2.86 bits per heavy atom. The molecule has 2 atom stereocenters. The molecule has 1 aliphatic rings. The summed E-state index contributed by atoms with van der Waals surface area (Å²) >= 11 is 0. The van der Waals surface area contributed by atoms with Gasteiger partial charge in [0.1, 0.15) is 6.54 Å². The highest BCUT2D eigenvalue weighted by molar-refractivity contribution is 5.82. The molecule has 1 amide bonds. The van der Waals surface area contributed by atoms with Gasteiger partial charge in [-0.3, -0.25) is 9.59 Å². The SMILES string of the molecule is O=C(Cn1ccc(=O)c2ccccc21)NCC1CCCC1O. The van der Waals surface area contributed by atoms with Gasteiger partial charge in [0, 0.05) is 30.1 Å². The largest absolute Gasteiger partial charge is 0.393 e. The van der Waals surface area contributed by atoms with Gasteiger partial charge in [0.25, 0.3) is 0 Å². The minimum Gasteiger partial charge on any atom is -0.393 e. The van der Waals surface area contributed by atoms with E-state index in [-0.39, 0.29) is 29.9 Å². The topological polar surface area (TPSA) is 71.3 Å². The average molecular weight is 300 g/mol. The van der Waals surface area contributed by atoms with E-state index >= 15 is 0 Å². The highest BCUT2D eigenvalue weighted by Gasteiger charge is 2.25. The molecule has 0 aliphatic heterocycles. The van der Waals surface area contributed by atoms with Crippen LogP contribution in [0.25, 0.3) is 10.9 Å². The summed E-state index contributed by atoms with van der Waals surface area (Å²) in [5.41, 5.74) is 0.715. The standard InChI is InChI=1S/C17H20N2O3/c20-15-7-3-4-12(15)10-18-17(22)11-19-9-8-16(21)13-5-1-2-6-14(13)19/h1-2,5-6,8-9,12,15,20H,3-4,7,10-11H2,(H,18,22). The predicted molar refractivity (Wildman–Crippen MR) is 84.6 cm³/mol. The van der Waals surface area contributed by atoms with Gasteiger partial charge in [-0.05, 0) is 25.0 Å². The second-order valence-electron chi connectivity index (χ2n) is 5.89. The lowest BCUT2D eigenvalue weighted by Gasteiger charge is -2.16. The predicted octanol–water partition coefficient (Wildman–Crippen LogP) is 1.28. The Labute approximate surface area is 128 Å². The van der Waals surface area contributed by atoms with Crippen LogP contribution in [0.3, 0.4) is 0 Å². The van der Waals surface area contributed by atoms with Gasteiger partial charge in [0.05, 0.1) is 11.6 Å². The Bertz CT molecular complexity index is 738. The first-order valence-electron chi connectivity index (χ1n) is 7.68. The van der Waals surface area contributed by atoms with Gasteiger partial charge >= 0.3 is 0 Å². The maximum Gasteiger partial charge on any atom is 0.239 e. The fourth-order valence-corrected chi connectivity index (χ4v) is 3.11. The number of fused-ring (bicyclic) bond motifs is 1. The van der Waals surface area contributed by atoms with Crippen LogP contribution < -0.4 is 10.7 Å². The number of amides is 1. The van der Waals surface area contributed by atoms with Gasteiger partial charge in [-0.1, -0.05) is 18.6 Å². The molecule has 2 aromatic rings. The molecule has 5 nitrogen and oxygen atoms in total. The van der Waals surface area contributed by atoms with Crippen LogP contribution in [0.5, 0.6) is 0 Å². The van der Waals surface area contributed by atoms with Crippen molar-refractivity contribution in [2.45, 2.75) is 31.9 Å². The van der Waals surface area contributed by atoms with Crippen molar-refractivity contribution in [2.24, 2.45) is 5.92 Å². The molecule has 0 bridgehead atoms. The van der Waals surface area contributed by atoms with E-state index in [9.17, 15) is 14.7 Å². The highest BCUT2D eigenvalue weighted by Crippen LogP contribution is 2.24. The molecule has 2 N–H and O–H groups in total. The van der Waals surface area contributed by atoms with Crippen molar-refractivity contribution in [2.75, 3.05) is 6.54 Å². The van der Waals surface area contributed by atoms with Crippen LogP contribution >= 0.6 is 0 Å². The quantitative estimate of drug-likeness (QED) is 0.893. The third-order valence-corrected chi connectivity index (χ3v) is 4.38. The summed E-state index contributed by atoms with van der Waals surface area (Å²) < 4.78 is 1.77. The van der Waals surface area contributed by atoms with Crippen LogP contribution in [0.2, 0.25) is 0 Å². The smallest absolute Gasteiger partial charge is 0.239 e. The zero-order valence-corrected chi connectivity index (χ0v) is 12.4. The van der Waals surface area contributed by atoms with Gasteiger partial charge in [-0.25, -0.2) is 0 Å². The van der Waals surface area contributed by atoms with Gasteiger partial charge in [0.15, 0.2) is 5.43 Å². The number of aliphatic hydroxyl groups excluding tert-OH is 1. The van der Waals surface area contributed by atoms with Crippen LogP contribution in [0.1, 0.15) is 19.3 Å². The Kier molecular flexibility index (Phi) is 4.24. The van der Waals surface area contributed by atoms with Crippen LogP contribution in [-0.4, -0.2) is 28.2 Å². The van der Waals surface area contributed by atoms with Crippen LogP contribution in [0.15, 0.2) is 41.3 Å². The van der Waals surface area contributed by atoms with Crippen molar-refractivity contribution in [1.29, 1.82) is 0 Å². The lowest BCUT2D eigenvalue weighted by molar-refractivity contribution is -0.121. The Morgan fingerprint density at radius 2 is 2.09 bits per heavy atom. The van der Waals surface area contributed by atoms with Crippen molar-refractivity contribution in [3.05, 3.63) is 46.8 Å². The molecular formula is C17H20N2O3. The molecule has 1 saturated carbocycles. The lowest BCUT2D eigenvalue weighted by Crippen LogP contribution is -2.34. The third kappa shape index (κ3) is 3.04. The molecule has 0 saturated heterocycles. The number of aliphatic hydroxyl groups is 1. The fraction of sp³-hybridized carbons (Fsp3) is 0.412. The maximum absolute atomic E-state index is 12.1. The normalized spacial score (nSPS) is 21.1. The molecule has 1 aromatic heterocycles. The second-order valence-corrected chi connectivity index (χ2v) is 5.89. The Balaban J connectivity index is 1.69. The van der Waals surface area contributed by atoms with E-state index in [1.165, 1.54) is 6.07 Å². The summed E-state index contributed by atoms with van der Waals surface area (Å²) in [6.07, 6.45) is 4.15. The van der Waals surface area contributed by atoms with E-state index in [1.54, 1.807) is 16.8 Å². The summed E-state index contributed by atoms with van der Waals surface area (Å²) in [6, 6.07) is 8.75. The molecule has 0 spiro atoms. The molecule has 1 heterocycles.